The fourth-order valence-corrected chi connectivity index (χ4v) is 8.42. The minimum absolute atomic E-state index is 0.00805. The standard InChI is InChI=1S/C24H33FO5S2/c1-4-30-20(31)32-13-19(28)23(29)10-8-16-17-6-5-14-11-15(26)7-9-21(14,2)24(17,25)18(27)12-22(16,23)3/h11,16-18,27,29H,4-10,12-13H2,1-3H3/t16-,17-,18-,21-,22-,23-,24-/m0/s1. The lowest BCUT2D eigenvalue weighted by atomic mass is 9.44. The number of hydrogen-bond acceptors (Lipinski definition) is 7. The summed E-state index contributed by atoms with van der Waals surface area (Å²) < 4.78 is 22.5. The molecule has 0 aliphatic heterocycles. The van der Waals surface area contributed by atoms with Crippen molar-refractivity contribution in [3.63, 3.8) is 0 Å². The molecule has 0 spiro atoms. The van der Waals surface area contributed by atoms with Gasteiger partial charge in [0.1, 0.15) is 11.3 Å². The number of thioether (sulfide) groups is 1. The second-order valence-corrected chi connectivity index (χ2v) is 12.0. The summed E-state index contributed by atoms with van der Waals surface area (Å²) in [6.07, 6.45) is 2.89. The van der Waals surface area contributed by atoms with E-state index in [1.165, 1.54) is 0 Å². The van der Waals surface area contributed by atoms with Crippen LogP contribution in [0.2, 0.25) is 0 Å². The Morgan fingerprint density at radius 3 is 2.69 bits per heavy atom. The summed E-state index contributed by atoms with van der Waals surface area (Å²) in [7, 11) is 0. The fourth-order valence-electron chi connectivity index (χ4n) is 7.44. The van der Waals surface area contributed by atoms with Crippen LogP contribution >= 0.6 is 24.0 Å². The first kappa shape index (κ1) is 24.3. The van der Waals surface area contributed by atoms with E-state index in [0.717, 1.165) is 17.3 Å². The molecule has 2 N–H and O–H groups in total. The molecule has 0 unspecified atom stereocenters. The van der Waals surface area contributed by atoms with E-state index < -0.39 is 34.1 Å². The highest BCUT2D eigenvalue weighted by Gasteiger charge is 2.74. The van der Waals surface area contributed by atoms with Crippen molar-refractivity contribution in [1.82, 2.24) is 0 Å². The number of Topliss-reactive ketones (excluding diaryl/α,β-unsaturated/α-hetero) is 1. The van der Waals surface area contributed by atoms with Crippen LogP contribution in [-0.2, 0) is 14.3 Å². The predicted octanol–water partition coefficient (Wildman–Crippen LogP) is 3.94. The lowest BCUT2D eigenvalue weighted by molar-refractivity contribution is -0.225. The summed E-state index contributed by atoms with van der Waals surface area (Å²) in [4.78, 5) is 25.2. The van der Waals surface area contributed by atoms with Crippen LogP contribution in [0, 0.1) is 22.7 Å². The van der Waals surface area contributed by atoms with Gasteiger partial charge < -0.3 is 14.9 Å². The third kappa shape index (κ3) is 3.19. The third-order valence-corrected chi connectivity index (χ3v) is 10.5. The number of carbonyl (C=O) groups excluding carboxylic acids is 2. The largest absolute Gasteiger partial charge is 0.479 e. The average Bonchev–Trinajstić information content (AvgIpc) is 3.00. The molecule has 0 saturated heterocycles. The molecular formula is C24H33FO5S2. The Hall–Kier alpha value is -0.830. The van der Waals surface area contributed by atoms with Crippen molar-refractivity contribution >= 4 is 39.9 Å². The maximum absolute atomic E-state index is 17.1. The minimum Gasteiger partial charge on any atom is -0.479 e. The van der Waals surface area contributed by atoms with E-state index in [1.54, 1.807) is 6.08 Å². The van der Waals surface area contributed by atoms with E-state index in [-0.39, 0.29) is 46.9 Å². The Labute approximate surface area is 198 Å². The Morgan fingerprint density at radius 2 is 2.00 bits per heavy atom. The minimum atomic E-state index is -1.87. The van der Waals surface area contributed by atoms with Crippen molar-refractivity contribution in [2.24, 2.45) is 22.7 Å². The molecule has 4 aliphatic rings. The number of alkyl halides is 1. The number of halogens is 1. The molecule has 7 atom stereocenters. The number of rotatable bonds is 4. The molecule has 0 radical (unpaired) electrons. The van der Waals surface area contributed by atoms with Gasteiger partial charge in [-0.2, -0.15) is 0 Å². The van der Waals surface area contributed by atoms with Crippen LogP contribution in [0.1, 0.15) is 65.7 Å². The van der Waals surface area contributed by atoms with Gasteiger partial charge in [0.25, 0.3) is 0 Å². The van der Waals surface area contributed by atoms with Crippen molar-refractivity contribution in [3.05, 3.63) is 11.6 Å². The molecule has 178 valence electrons. The highest BCUT2D eigenvalue weighted by atomic mass is 32.2. The molecule has 0 aromatic heterocycles. The molecule has 0 aromatic rings. The third-order valence-electron chi connectivity index (χ3n) is 9.24. The molecule has 8 heteroatoms. The zero-order chi connectivity index (χ0) is 23.5. The maximum atomic E-state index is 17.1. The lowest BCUT2D eigenvalue weighted by Crippen LogP contribution is -2.69. The molecule has 3 saturated carbocycles. The van der Waals surface area contributed by atoms with Crippen molar-refractivity contribution in [3.8, 4) is 0 Å². The average molecular weight is 485 g/mol. The highest BCUT2D eigenvalue weighted by Crippen LogP contribution is 2.70. The van der Waals surface area contributed by atoms with E-state index >= 15 is 4.39 Å². The van der Waals surface area contributed by atoms with Gasteiger partial charge in [-0.15, -0.1) is 0 Å². The first-order valence-corrected chi connectivity index (χ1v) is 13.0. The molecule has 0 heterocycles. The summed E-state index contributed by atoms with van der Waals surface area (Å²) in [6.45, 7) is 5.91. The van der Waals surface area contributed by atoms with E-state index in [2.05, 4.69) is 0 Å². The monoisotopic (exact) mass is 484 g/mol. The topological polar surface area (TPSA) is 83.8 Å². The number of carbonyl (C=O) groups is 2. The van der Waals surface area contributed by atoms with Crippen LogP contribution in [0.15, 0.2) is 11.6 Å². The van der Waals surface area contributed by atoms with Gasteiger partial charge in [-0.05, 0) is 69.7 Å². The number of ketones is 2. The molecule has 4 aliphatic carbocycles. The lowest BCUT2D eigenvalue weighted by Gasteiger charge is -2.63. The Morgan fingerprint density at radius 1 is 1.28 bits per heavy atom. The maximum Gasteiger partial charge on any atom is 0.220 e. The molecule has 0 amide bonds. The number of hydrogen-bond donors (Lipinski definition) is 2. The Balaban J connectivity index is 1.64. The van der Waals surface area contributed by atoms with Crippen molar-refractivity contribution in [1.29, 1.82) is 0 Å². The van der Waals surface area contributed by atoms with Gasteiger partial charge in [0.2, 0.25) is 4.38 Å². The van der Waals surface area contributed by atoms with Crippen molar-refractivity contribution in [2.45, 2.75) is 83.1 Å². The fraction of sp³-hybridized carbons (Fsp3) is 0.792. The van der Waals surface area contributed by atoms with Gasteiger partial charge in [-0.3, -0.25) is 9.59 Å². The van der Waals surface area contributed by atoms with Crippen molar-refractivity contribution in [2.75, 3.05) is 12.4 Å². The van der Waals surface area contributed by atoms with Crippen LogP contribution in [0.5, 0.6) is 0 Å². The molecule has 0 aromatic carbocycles. The van der Waals surface area contributed by atoms with Gasteiger partial charge in [0.15, 0.2) is 11.6 Å². The molecule has 4 rings (SSSR count). The number of thiocarbonyl (C=S) groups is 1. The Kier molecular flexibility index (Phi) is 6.18. The number of aliphatic hydroxyl groups is 2. The van der Waals surface area contributed by atoms with E-state index in [1.807, 2.05) is 20.8 Å². The predicted molar refractivity (Wildman–Crippen MR) is 125 cm³/mol. The van der Waals surface area contributed by atoms with Crippen molar-refractivity contribution < 1.29 is 28.9 Å². The second-order valence-electron chi connectivity index (χ2n) is 10.4. The molecule has 3 fully saturated rings. The summed E-state index contributed by atoms with van der Waals surface area (Å²) in [5.41, 5.74) is -4.51. The summed E-state index contributed by atoms with van der Waals surface area (Å²) in [5, 5.41) is 22.9. The number of ether oxygens (including phenoxy) is 1. The number of fused-ring (bicyclic) bond motifs is 5. The normalized spacial score (nSPS) is 45.4. The summed E-state index contributed by atoms with van der Waals surface area (Å²) >= 11 is 6.19. The SMILES string of the molecule is CCOC(=S)SCC(=O)[C@@]1(O)CC[C@H]2[C@@H]3CCC4=CC(=O)CC[C@]4(C)[C@@]3(F)[C@@H](O)C[C@@]21C. The van der Waals surface area contributed by atoms with E-state index in [4.69, 9.17) is 17.0 Å². The van der Waals surface area contributed by atoms with Crippen LogP contribution in [0.25, 0.3) is 0 Å². The summed E-state index contributed by atoms with van der Waals surface area (Å²) in [6, 6.07) is 0. The van der Waals surface area contributed by atoms with Crippen LogP contribution < -0.4 is 0 Å². The molecule has 0 bridgehead atoms. The van der Waals surface area contributed by atoms with E-state index in [9.17, 15) is 19.8 Å². The number of aliphatic hydroxyl groups excluding tert-OH is 1. The van der Waals surface area contributed by atoms with Gasteiger partial charge in [0.05, 0.1) is 18.5 Å². The smallest absolute Gasteiger partial charge is 0.220 e. The second kappa shape index (κ2) is 8.14. The number of allylic oxidation sites excluding steroid dienone is 1. The molecular weight excluding hydrogens is 451 g/mol. The quantitative estimate of drug-likeness (QED) is 0.585. The molecule has 5 nitrogen and oxygen atoms in total. The van der Waals surface area contributed by atoms with Crippen LogP contribution in [-0.4, -0.2) is 55.9 Å². The first-order valence-electron chi connectivity index (χ1n) is 11.6. The molecule has 32 heavy (non-hydrogen) atoms. The summed E-state index contributed by atoms with van der Waals surface area (Å²) in [5.74, 6) is -1.00. The van der Waals surface area contributed by atoms with Crippen LogP contribution in [0.4, 0.5) is 4.39 Å². The van der Waals surface area contributed by atoms with Gasteiger partial charge in [-0.1, -0.05) is 31.2 Å². The first-order chi connectivity index (χ1) is 14.9. The zero-order valence-corrected chi connectivity index (χ0v) is 20.6. The van der Waals surface area contributed by atoms with Gasteiger partial charge in [0, 0.05) is 23.2 Å². The van der Waals surface area contributed by atoms with E-state index in [0.29, 0.717) is 32.3 Å². The van der Waals surface area contributed by atoms with Gasteiger partial charge in [-0.25, -0.2) is 4.39 Å². The van der Waals surface area contributed by atoms with Crippen LogP contribution in [0.3, 0.4) is 0 Å². The zero-order valence-electron chi connectivity index (χ0n) is 19.0. The highest BCUT2D eigenvalue weighted by molar-refractivity contribution is 8.23. The Bertz CT molecular complexity index is 876. The van der Waals surface area contributed by atoms with Gasteiger partial charge >= 0.3 is 0 Å².